The quantitative estimate of drug-likeness (QED) is 0.639. The van der Waals surface area contributed by atoms with E-state index in [0.29, 0.717) is 17.7 Å². The van der Waals surface area contributed by atoms with E-state index in [1.807, 2.05) is 13.8 Å². The first-order valence-corrected chi connectivity index (χ1v) is 8.09. The number of amidine groups is 1. The van der Waals surface area contributed by atoms with Gasteiger partial charge in [-0.2, -0.15) is 5.10 Å². The van der Waals surface area contributed by atoms with Gasteiger partial charge in [-0.3, -0.25) is 4.79 Å². The fraction of sp³-hybridized carbons (Fsp3) is 0.400. The van der Waals surface area contributed by atoms with Crippen LogP contribution in [-0.4, -0.2) is 29.6 Å². The number of rotatable bonds is 6. The molecule has 0 unspecified atom stereocenters. The number of thioether (sulfide) groups is 1. The van der Waals surface area contributed by atoms with Gasteiger partial charge in [-0.25, -0.2) is 8.78 Å². The van der Waals surface area contributed by atoms with Gasteiger partial charge in [0.1, 0.15) is 5.82 Å². The average Bonchev–Trinajstić information content (AvgIpc) is 2.87. The lowest BCUT2D eigenvalue weighted by Crippen LogP contribution is -2.19. The monoisotopic (exact) mass is 341 g/mol. The Hall–Kier alpha value is -1.96. The molecule has 0 aliphatic carbocycles. The maximum Gasteiger partial charge on any atom is 0.236 e. The van der Waals surface area contributed by atoms with E-state index in [2.05, 4.69) is 15.5 Å². The summed E-state index contributed by atoms with van der Waals surface area (Å²) in [6.45, 7) is 4.37. The summed E-state index contributed by atoms with van der Waals surface area (Å²) in [4.78, 5) is 11.0. The van der Waals surface area contributed by atoms with Gasteiger partial charge in [-0.1, -0.05) is 25.6 Å². The van der Waals surface area contributed by atoms with Crippen LogP contribution in [-0.2, 0) is 4.79 Å². The Morgan fingerprint density at radius 1 is 1.43 bits per heavy atom. The maximum absolute atomic E-state index is 13.9. The van der Waals surface area contributed by atoms with E-state index in [4.69, 9.17) is 4.74 Å². The van der Waals surface area contributed by atoms with Crippen LogP contribution in [0.1, 0.15) is 25.8 Å². The van der Waals surface area contributed by atoms with E-state index in [0.717, 1.165) is 18.6 Å². The molecule has 1 aromatic rings. The fourth-order valence-electron chi connectivity index (χ4n) is 1.75. The molecule has 0 aromatic heterocycles. The average molecular weight is 341 g/mol. The zero-order chi connectivity index (χ0) is 16.8. The molecule has 5 nitrogen and oxygen atoms in total. The highest BCUT2D eigenvalue weighted by atomic mass is 32.2. The lowest BCUT2D eigenvalue weighted by atomic mass is 10.1. The second-order valence-corrected chi connectivity index (χ2v) is 6.29. The summed E-state index contributed by atoms with van der Waals surface area (Å²) in [5.74, 6) is -1.03. The molecule has 8 heteroatoms. The highest BCUT2D eigenvalue weighted by Gasteiger charge is 2.16. The molecule has 0 bridgehead atoms. The minimum Gasteiger partial charge on any atom is -0.490 e. The highest BCUT2D eigenvalue weighted by Crippen LogP contribution is 2.24. The van der Waals surface area contributed by atoms with Crippen molar-refractivity contribution >= 4 is 29.1 Å². The Labute approximate surface area is 137 Å². The second kappa shape index (κ2) is 8.05. The number of amides is 1. The molecule has 1 heterocycles. The molecule has 1 amide bonds. The number of carbonyl (C=O) groups is 1. The van der Waals surface area contributed by atoms with Crippen molar-refractivity contribution in [2.45, 2.75) is 20.3 Å². The van der Waals surface area contributed by atoms with Crippen molar-refractivity contribution in [1.82, 2.24) is 5.32 Å². The zero-order valence-electron chi connectivity index (χ0n) is 12.8. The second-order valence-electron chi connectivity index (χ2n) is 5.32. The molecule has 1 aliphatic heterocycles. The van der Waals surface area contributed by atoms with Crippen LogP contribution in [0, 0.1) is 17.6 Å². The predicted molar refractivity (Wildman–Crippen MR) is 86.9 cm³/mol. The Balaban J connectivity index is 2.14. The first kappa shape index (κ1) is 17.4. The van der Waals surface area contributed by atoms with Crippen molar-refractivity contribution in [3.63, 3.8) is 0 Å². The largest absolute Gasteiger partial charge is 0.490 e. The molecule has 2 rings (SSSR count). The van der Waals surface area contributed by atoms with Crippen LogP contribution in [0.5, 0.6) is 5.75 Å². The molecule has 1 saturated heterocycles. The smallest absolute Gasteiger partial charge is 0.236 e. The summed E-state index contributed by atoms with van der Waals surface area (Å²) >= 11 is 1.21. The molecule has 1 N–H and O–H groups in total. The molecular weight excluding hydrogens is 324 g/mol. The van der Waals surface area contributed by atoms with Crippen LogP contribution in [0.4, 0.5) is 8.78 Å². The van der Waals surface area contributed by atoms with Crippen molar-refractivity contribution < 1.29 is 18.3 Å². The van der Waals surface area contributed by atoms with Gasteiger partial charge in [-0.15, -0.1) is 5.10 Å². The molecule has 0 saturated carbocycles. The predicted octanol–water partition coefficient (Wildman–Crippen LogP) is 2.94. The third-order valence-corrected chi connectivity index (χ3v) is 3.77. The van der Waals surface area contributed by atoms with Gasteiger partial charge in [0.25, 0.3) is 0 Å². The molecule has 124 valence electrons. The number of carbonyl (C=O) groups excluding carboxylic acids is 1. The van der Waals surface area contributed by atoms with Crippen molar-refractivity contribution in [2.75, 3.05) is 12.4 Å². The lowest BCUT2D eigenvalue weighted by Gasteiger charge is -2.11. The van der Waals surface area contributed by atoms with E-state index in [-0.39, 0.29) is 23.0 Å². The number of halogens is 2. The summed E-state index contributed by atoms with van der Waals surface area (Å²) in [7, 11) is 0. The third-order valence-electron chi connectivity index (χ3n) is 2.91. The van der Waals surface area contributed by atoms with Gasteiger partial charge in [-0.05, 0) is 18.4 Å². The van der Waals surface area contributed by atoms with E-state index in [9.17, 15) is 13.6 Å². The summed E-state index contributed by atoms with van der Waals surface area (Å²) in [5.41, 5.74) is 0.157. The number of nitrogens with zero attached hydrogens (tertiary/aromatic N) is 2. The topological polar surface area (TPSA) is 63.1 Å². The normalized spacial score (nSPS) is 16.6. The van der Waals surface area contributed by atoms with E-state index in [1.54, 1.807) is 0 Å². The molecule has 0 atom stereocenters. The summed E-state index contributed by atoms with van der Waals surface area (Å²) in [6.07, 6.45) is 1.95. The zero-order valence-corrected chi connectivity index (χ0v) is 13.6. The SMILES string of the molecule is CC(C)CCOc1c(F)cc(F)cc1C=NN=C1NC(=O)CS1. The molecule has 1 aromatic carbocycles. The van der Waals surface area contributed by atoms with E-state index >= 15 is 0 Å². The summed E-state index contributed by atoms with van der Waals surface area (Å²) in [6, 6.07) is 1.89. The van der Waals surface area contributed by atoms with Gasteiger partial charge in [0, 0.05) is 11.6 Å². The number of benzene rings is 1. The van der Waals surface area contributed by atoms with Gasteiger partial charge >= 0.3 is 0 Å². The van der Waals surface area contributed by atoms with Crippen LogP contribution < -0.4 is 10.1 Å². The first-order chi connectivity index (χ1) is 11.0. The minimum atomic E-state index is -0.786. The Bertz CT molecular complexity index is 648. The van der Waals surface area contributed by atoms with Crippen LogP contribution in [0.25, 0.3) is 0 Å². The van der Waals surface area contributed by atoms with E-state index in [1.165, 1.54) is 18.0 Å². The van der Waals surface area contributed by atoms with Gasteiger partial charge in [0.2, 0.25) is 5.91 Å². The van der Waals surface area contributed by atoms with Crippen molar-refractivity contribution in [3.05, 3.63) is 29.3 Å². The standard InChI is InChI=1S/C15H17F2N3O2S/c1-9(2)3-4-22-14-10(5-11(16)6-12(14)17)7-18-20-15-19-13(21)8-23-15/h5-7,9H,3-4,8H2,1-2H3,(H,19,20,21). The lowest BCUT2D eigenvalue weighted by molar-refractivity contribution is -0.116. The van der Waals surface area contributed by atoms with Crippen molar-refractivity contribution in [1.29, 1.82) is 0 Å². The molecule has 0 spiro atoms. The van der Waals surface area contributed by atoms with Crippen LogP contribution >= 0.6 is 11.8 Å². The van der Waals surface area contributed by atoms with E-state index < -0.39 is 11.6 Å². The highest BCUT2D eigenvalue weighted by molar-refractivity contribution is 8.15. The number of ether oxygens (including phenoxy) is 1. The Kier molecular flexibility index (Phi) is 6.09. The Morgan fingerprint density at radius 3 is 2.87 bits per heavy atom. The molecule has 0 radical (unpaired) electrons. The third kappa shape index (κ3) is 5.31. The van der Waals surface area contributed by atoms with Crippen LogP contribution in [0.3, 0.4) is 0 Å². The van der Waals surface area contributed by atoms with Crippen molar-refractivity contribution in [3.8, 4) is 5.75 Å². The van der Waals surface area contributed by atoms with Crippen LogP contribution in [0.15, 0.2) is 22.3 Å². The summed E-state index contributed by atoms with van der Waals surface area (Å²) in [5, 5.41) is 10.4. The maximum atomic E-state index is 13.9. The van der Waals surface area contributed by atoms with Gasteiger partial charge in [0.15, 0.2) is 16.7 Å². The number of nitrogens with one attached hydrogen (secondary N) is 1. The Morgan fingerprint density at radius 2 is 2.22 bits per heavy atom. The van der Waals surface area contributed by atoms with Gasteiger partial charge in [0.05, 0.1) is 18.6 Å². The fourth-order valence-corrected chi connectivity index (χ4v) is 2.38. The van der Waals surface area contributed by atoms with Crippen LogP contribution in [0.2, 0.25) is 0 Å². The minimum absolute atomic E-state index is 0.0564. The molecule has 1 aliphatic rings. The number of hydrogen-bond acceptors (Lipinski definition) is 5. The molecule has 23 heavy (non-hydrogen) atoms. The summed E-state index contributed by atoms with van der Waals surface area (Å²) < 4.78 is 32.7. The number of hydrogen-bond donors (Lipinski definition) is 1. The molecule has 1 fully saturated rings. The first-order valence-electron chi connectivity index (χ1n) is 7.11. The molecular formula is C15H17F2N3O2S. The van der Waals surface area contributed by atoms with Gasteiger partial charge < -0.3 is 10.1 Å². The van der Waals surface area contributed by atoms with Crippen molar-refractivity contribution in [2.24, 2.45) is 16.1 Å².